The van der Waals surface area contributed by atoms with Crippen LogP contribution in [0.15, 0.2) is 18.3 Å². The maximum absolute atomic E-state index is 11.9. The van der Waals surface area contributed by atoms with Gasteiger partial charge in [-0.25, -0.2) is 18.4 Å². The van der Waals surface area contributed by atoms with Gasteiger partial charge in [-0.05, 0) is 37.8 Å². The first-order valence-corrected chi connectivity index (χ1v) is 8.99. The second-order valence-corrected chi connectivity index (χ2v) is 8.10. The van der Waals surface area contributed by atoms with Crippen LogP contribution in [-0.4, -0.2) is 34.5 Å². The minimum absolute atomic E-state index is 0.0311. The first-order chi connectivity index (χ1) is 9.64. The molecule has 106 valence electrons. The van der Waals surface area contributed by atoms with E-state index in [0.717, 1.165) is 42.7 Å². The smallest absolute Gasteiger partial charge is 0.160 e. The van der Waals surface area contributed by atoms with Crippen molar-refractivity contribution < 1.29 is 8.42 Å². The van der Waals surface area contributed by atoms with Crippen LogP contribution in [0.25, 0.3) is 11.2 Å². The molecule has 2 fully saturated rings. The highest BCUT2D eigenvalue weighted by molar-refractivity contribution is 7.91. The molecular weight excluding hydrogens is 274 g/mol. The zero-order valence-electron chi connectivity index (χ0n) is 11.2. The fraction of sp³-hybridized carbons (Fsp3) is 0.571. The summed E-state index contributed by atoms with van der Waals surface area (Å²) in [6.07, 6.45) is 5.73. The Morgan fingerprint density at radius 3 is 2.85 bits per heavy atom. The Labute approximate surface area is 118 Å². The van der Waals surface area contributed by atoms with Gasteiger partial charge in [0.1, 0.15) is 11.3 Å². The standard InChI is InChI=1S/C14H17N3O2S/c18-20(19)8-2-3-10(9-20)13-16-12-4-1-7-15-14(12)17(13)11-5-6-11/h1,4,7,10-11H,2-3,5-6,8-9H2. The molecule has 4 rings (SSSR count). The van der Waals surface area contributed by atoms with E-state index >= 15 is 0 Å². The Morgan fingerprint density at radius 2 is 2.10 bits per heavy atom. The molecule has 1 unspecified atom stereocenters. The van der Waals surface area contributed by atoms with Gasteiger partial charge in [0.05, 0.1) is 11.5 Å². The number of hydrogen-bond acceptors (Lipinski definition) is 4. The molecule has 2 aliphatic rings. The summed E-state index contributed by atoms with van der Waals surface area (Å²) in [7, 11) is -2.91. The summed E-state index contributed by atoms with van der Waals surface area (Å²) in [6.45, 7) is 0. The largest absolute Gasteiger partial charge is 0.309 e. The first-order valence-electron chi connectivity index (χ1n) is 7.17. The lowest BCUT2D eigenvalue weighted by Gasteiger charge is -2.22. The molecule has 2 aromatic heterocycles. The molecule has 0 radical (unpaired) electrons. The maximum Gasteiger partial charge on any atom is 0.160 e. The van der Waals surface area contributed by atoms with Crippen LogP contribution in [0.5, 0.6) is 0 Å². The van der Waals surface area contributed by atoms with Gasteiger partial charge in [0.25, 0.3) is 0 Å². The van der Waals surface area contributed by atoms with E-state index in [1.807, 2.05) is 12.1 Å². The third kappa shape index (κ3) is 2.02. The van der Waals surface area contributed by atoms with Crippen molar-refractivity contribution in [2.24, 2.45) is 0 Å². The molecule has 6 heteroatoms. The number of rotatable bonds is 2. The van der Waals surface area contributed by atoms with E-state index in [-0.39, 0.29) is 11.7 Å². The number of nitrogens with zero attached hydrogens (tertiary/aromatic N) is 3. The third-order valence-corrected chi connectivity index (χ3v) is 6.04. The molecule has 2 aromatic rings. The topological polar surface area (TPSA) is 64.8 Å². The van der Waals surface area contributed by atoms with Crippen LogP contribution in [0.4, 0.5) is 0 Å². The van der Waals surface area contributed by atoms with Gasteiger partial charge in [0.2, 0.25) is 0 Å². The molecular formula is C14H17N3O2S. The minimum atomic E-state index is -2.91. The SMILES string of the molecule is O=S1(=O)CCCC(c2nc3cccnc3n2C2CC2)C1. The van der Waals surface area contributed by atoms with Gasteiger partial charge in [0.15, 0.2) is 15.5 Å². The Morgan fingerprint density at radius 1 is 1.25 bits per heavy atom. The van der Waals surface area contributed by atoms with Crippen molar-refractivity contribution in [1.29, 1.82) is 0 Å². The molecule has 0 N–H and O–H groups in total. The van der Waals surface area contributed by atoms with E-state index in [1.54, 1.807) is 6.20 Å². The molecule has 0 bridgehead atoms. The average molecular weight is 291 g/mol. The van der Waals surface area contributed by atoms with Crippen molar-refractivity contribution in [3.63, 3.8) is 0 Å². The van der Waals surface area contributed by atoms with Crippen molar-refractivity contribution in [2.45, 2.75) is 37.6 Å². The quantitative estimate of drug-likeness (QED) is 0.849. The van der Waals surface area contributed by atoms with Gasteiger partial charge >= 0.3 is 0 Å². The fourth-order valence-electron chi connectivity index (χ4n) is 3.15. The van der Waals surface area contributed by atoms with Gasteiger partial charge in [-0.1, -0.05) is 0 Å². The van der Waals surface area contributed by atoms with Gasteiger partial charge in [-0.3, -0.25) is 0 Å². The van der Waals surface area contributed by atoms with Crippen LogP contribution in [0.2, 0.25) is 0 Å². The predicted octanol–water partition coefficient (Wildman–Crippen LogP) is 2.06. The number of hydrogen-bond donors (Lipinski definition) is 0. The molecule has 0 spiro atoms. The summed E-state index contributed by atoms with van der Waals surface area (Å²) in [5, 5.41) is 0. The molecule has 1 saturated carbocycles. The monoisotopic (exact) mass is 291 g/mol. The summed E-state index contributed by atoms with van der Waals surface area (Å²) in [5.74, 6) is 1.53. The van der Waals surface area contributed by atoms with Crippen molar-refractivity contribution in [1.82, 2.24) is 14.5 Å². The Kier molecular flexibility index (Phi) is 2.64. The lowest BCUT2D eigenvalue weighted by atomic mass is 10.0. The van der Waals surface area contributed by atoms with E-state index in [0.29, 0.717) is 11.8 Å². The van der Waals surface area contributed by atoms with Crippen LogP contribution >= 0.6 is 0 Å². The van der Waals surface area contributed by atoms with Crippen molar-refractivity contribution in [3.8, 4) is 0 Å². The average Bonchev–Trinajstić information content (AvgIpc) is 3.17. The van der Waals surface area contributed by atoms with Crippen molar-refractivity contribution >= 4 is 21.0 Å². The van der Waals surface area contributed by atoms with Gasteiger partial charge in [0, 0.05) is 18.2 Å². The van der Waals surface area contributed by atoms with Gasteiger partial charge in [-0.2, -0.15) is 0 Å². The summed E-state index contributed by atoms with van der Waals surface area (Å²) in [5.41, 5.74) is 1.80. The van der Waals surface area contributed by atoms with E-state index in [9.17, 15) is 8.42 Å². The predicted molar refractivity (Wildman–Crippen MR) is 76.4 cm³/mol. The van der Waals surface area contributed by atoms with Gasteiger partial charge < -0.3 is 4.57 Å². The minimum Gasteiger partial charge on any atom is -0.309 e. The van der Waals surface area contributed by atoms with E-state index in [4.69, 9.17) is 4.98 Å². The highest BCUT2D eigenvalue weighted by Crippen LogP contribution is 2.41. The van der Waals surface area contributed by atoms with Crippen LogP contribution in [0.3, 0.4) is 0 Å². The van der Waals surface area contributed by atoms with E-state index in [2.05, 4.69) is 9.55 Å². The highest BCUT2D eigenvalue weighted by atomic mass is 32.2. The molecule has 3 heterocycles. The summed E-state index contributed by atoms with van der Waals surface area (Å²) < 4.78 is 26.0. The molecule has 20 heavy (non-hydrogen) atoms. The second-order valence-electron chi connectivity index (χ2n) is 5.87. The molecule has 5 nitrogen and oxygen atoms in total. The van der Waals surface area contributed by atoms with Crippen molar-refractivity contribution in [3.05, 3.63) is 24.2 Å². The number of sulfone groups is 1. The molecule has 1 saturated heterocycles. The number of imidazole rings is 1. The summed E-state index contributed by atoms with van der Waals surface area (Å²) in [4.78, 5) is 9.14. The molecule has 1 atom stereocenters. The van der Waals surface area contributed by atoms with Crippen LogP contribution in [0, 0.1) is 0 Å². The molecule has 1 aliphatic carbocycles. The summed E-state index contributed by atoms with van der Waals surface area (Å²) >= 11 is 0. The fourth-order valence-corrected chi connectivity index (χ4v) is 4.86. The normalized spacial score (nSPS) is 25.9. The van der Waals surface area contributed by atoms with Crippen LogP contribution in [0.1, 0.15) is 43.5 Å². The third-order valence-electron chi connectivity index (χ3n) is 4.22. The maximum atomic E-state index is 11.9. The van der Waals surface area contributed by atoms with E-state index in [1.165, 1.54) is 0 Å². The Bertz CT molecular complexity index is 762. The second kappa shape index (κ2) is 4.28. The molecule has 0 amide bonds. The van der Waals surface area contributed by atoms with E-state index < -0.39 is 9.84 Å². The number of aromatic nitrogens is 3. The zero-order chi connectivity index (χ0) is 13.7. The Hall–Kier alpha value is -1.43. The van der Waals surface area contributed by atoms with Crippen molar-refractivity contribution in [2.75, 3.05) is 11.5 Å². The molecule has 1 aliphatic heterocycles. The highest BCUT2D eigenvalue weighted by Gasteiger charge is 2.34. The number of pyridine rings is 1. The van der Waals surface area contributed by atoms with Crippen LogP contribution in [-0.2, 0) is 9.84 Å². The van der Waals surface area contributed by atoms with Crippen LogP contribution < -0.4 is 0 Å². The lowest BCUT2D eigenvalue weighted by Crippen LogP contribution is -2.25. The Balaban J connectivity index is 1.84. The first kappa shape index (κ1) is 12.3. The lowest BCUT2D eigenvalue weighted by molar-refractivity contribution is 0.528. The summed E-state index contributed by atoms with van der Waals surface area (Å²) in [6, 6.07) is 4.31. The van der Waals surface area contributed by atoms with Gasteiger partial charge in [-0.15, -0.1) is 0 Å². The number of fused-ring (bicyclic) bond motifs is 1. The molecule has 0 aromatic carbocycles. The zero-order valence-corrected chi connectivity index (χ0v) is 12.0.